The van der Waals surface area contributed by atoms with Crippen molar-refractivity contribution in [2.24, 2.45) is 5.73 Å². The molecule has 0 saturated heterocycles. The van der Waals surface area contributed by atoms with Crippen LogP contribution in [0.3, 0.4) is 0 Å². The van der Waals surface area contributed by atoms with Crippen LogP contribution < -0.4 is 20.5 Å². The van der Waals surface area contributed by atoms with Crippen LogP contribution in [0.5, 0.6) is 11.5 Å². The zero-order valence-electron chi connectivity index (χ0n) is 17.6. The summed E-state index contributed by atoms with van der Waals surface area (Å²) in [4.78, 5) is 22.5. The lowest BCUT2D eigenvalue weighted by Gasteiger charge is -2.26. The number of hydrogen-bond donors (Lipinski definition) is 3. The zero-order chi connectivity index (χ0) is 22.0. The maximum Gasteiger partial charge on any atom is 0.329 e. The molecule has 0 aliphatic carbocycles. The molecular formula is C22H30N2O5. The number of carbonyl (C=O) groups is 2. The minimum absolute atomic E-state index is 0.141. The predicted molar refractivity (Wildman–Crippen MR) is 112 cm³/mol. The fourth-order valence-electron chi connectivity index (χ4n) is 2.72. The first-order chi connectivity index (χ1) is 13.6. The Labute approximate surface area is 171 Å². The second-order valence-electron chi connectivity index (χ2n) is 6.88. The van der Waals surface area contributed by atoms with Crippen LogP contribution in [0.15, 0.2) is 48.5 Å². The molecule has 0 aliphatic rings. The number of carbonyl (C=O) groups excluding carboxylic acids is 1. The van der Waals surface area contributed by atoms with Crippen LogP contribution >= 0.6 is 0 Å². The normalized spacial score (nSPS) is 13.2. The van der Waals surface area contributed by atoms with Crippen LogP contribution in [0.1, 0.15) is 37.9 Å². The molecule has 0 unspecified atom stereocenters. The molecule has 0 aliphatic heterocycles. The summed E-state index contributed by atoms with van der Waals surface area (Å²) in [5.74, 6) is -0.411. The molecule has 158 valence electrons. The number of carboxylic acids is 1. The van der Waals surface area contributed by atoms with E-state index in [9.17, 15) is 14.7 Å². The first-order valence-electron chi connectivity index (χ1n) is 9.16. The van der Waals surface area contributed by atoms with E-state index < -0.39 is 17.4 Å². The van der Waals surface area contributed by atoms with Gasteiger partial charge in [-0.05, 0) is 37.1 Å². The molecule has 7 nitrogen and oxygen atoms in total. The minimum Gasteiger partial charge on any atom is -0.493 e. The third-order valence-corrected chi connectivity index (χ3v) is 4.25. The van der Waals surface area contributed by atoms with Gasteiger partial charge >= 0.3 is 5.97 Å². The van der Waals surface area contributed by atoms with E-state index in [4.69, 9.17) is 15.2 Å². The maximum atomic E-state index is 11.4. The first kappa shape index (κ1) is 24.0. The molecule has 2 aromatic rings. The molecule has 0 radical (unpaired) electrons. The lowest BCUT2D eigenvalue weighted by molar-refractivity contribution is -0.146. The summed E-state index contributed by atoms with van der Waals surface area (Å²) >= 11 is 0. The highest BCUT2D eigenvalue weighted by molar-refractivity contribution is 5.85. The number of methoxy groups -OCH3 is 2. The van der Waals surface area contributed by atoms with Crippen molar-refractivity contribution in [3.8, 4) is 11.5 Å². The molecule has 1 amide bonds. The first-order valence-corrected chi connectivity index (χ1v) is 9.16. The van der Waals surface area contributed by atoms with Gasteiger partial charge in [0.05, 0.1) is 14.2 Å². The Balaban J connectivity index is 0.000000387. The van der Waals surface area contributed by atoms with E-state index in [0.717, 1.165) is 5.56 Å². The van der Waals surface area contributed by atoms with Crippen LogP contribution in [0.4, 0.5) is 0 Å². The molecule has 2 rings (SSSR count). The second-order valence-corrected chi connectivity index (χ2v) is 6.88. The third kappa shape index (κ3) is 7.46. The van der Waals surface area contributed by atoms with E-state index in [1.165, 1.54) is 33.6 Å². The van der Waals surface area contributed by atoms with Gasteiger partial charge < -0.3 is 25.6 Å². The van der Waals surface area contributed by atoms with Gasteiger partial charge in [-0.25, -0.2) is 4.79 Å². The van der Waals surface area contributed by atoms with Crippen molar-refractivity contribution in [3.05, 3.63) is 59.7 Å². The highest BCUT2D eigenvalue weighted by Gasteiger charge is 2.34. The molecule has 29 heavy (non-hydrogen) atoms. The minimum atomic E-state index is -1.37. The molecule has 0 fully saturated rings. The Bertz CT molecular complexity index is 808. The fraction of sp³-hybridized carbons (Fsp3) is 0.364. The fourth-order valence-corrected chi connectivity index (χ4v) is 2.72. The molecule has 7 heteroatoms. The van der Waals surface area contributed by atoms with Crippen molar-refractivity contribution in [2.75, 3.05) is 14.2 Å². The van der Waals surface area contributed by atoms with Crippen molar-refractivity contribution >= 4 is 11.9 Å². The number of nitrogens with two attached hydrogens (primary N) is 1. The Morgan fingerprint density at radius 1 is 1.10 bits per heavy atom. The lowest BCUT2D eigenvalue weighted by atomic mass is 9.92. The summed E-state index contributed by atoms with van der Waals surface area (Å²) in [6.07, 6.45) is 0.141. The van der Waals surface area contributed by atoms with E-state index >= 15 is 0 Å². The van der Waals surface area contributed by atoms with Crippen molar-refractivity contribution in [2.45, 2.75) is 38.8 Å². The standard InChI is InChI=1S/C14H19NO5.C8H11N/c1-9(16)15-14(2,13(17)18)8-10-5-6-11(19-3)12(7-10)20-4;1-7(9)8-5-3-2-4-6-8/h5-7H,8H2,1-4H3,(H,15,16)(H,17,18);2-7H,9H2,1H3/t14-;7-/m11/s1. The summed E-state index contributed by atoms with van der Waals surface area (Å²) < 4.78 is 10.3. The van der Waals surface area contributed by atoms with Gasteiger partial charge in [-0.15, -0.1) is 0 Å². The number of aliphatic carboxylic acids is 1. The van der Waals surface area contributed by atoms with Gasteiger partial charge in [0.2, 0.25) is 5.91 Å². The number of hydrogen-bond acceptors (Lipinski definition) is 5. The zero-order valence-corrected chi connectivity index (χ0v) is 17.6. The Kier molecular flexibility index (Phi) is 9.15. The molecule has 0 heterocycles. The average molecular weight is 402 g/mol. The van der Waals surface area contributed by atoms with Crippen LogP contribution in [-0.4, -0.2) is 36.7 Å². The number of nitrogens with one attached hydrogen (secondary N) is 1. The molecule has 2 atom stereocenters. The molecule has 0 aromatic heterocycles. The number of benzene rings is 2. The summed E-state index contributed by atoms with van der Waals surface area (Å²) in [7, 11) is 3.03. The highest BCUT2D eigenvalue weighted by atomic mass is 16.5. The lowest BCUT2D eigenvalue weighted by Crippen LogP contribution is -2.53. The van der Waals surface area contributed by atoms with Crippen molar-refractivity contribution in [1.82, 2.24) is 5.32 Å². The summed E-state index contributed by atoms with van der Waals surface area (Å²) in [5.41, 5.74) is 6.16. The van der Waals surface area contributed by atoms with Crippen molar-refractivity contribution in [1.29, 1.82) is 0 Å². The predicted octanol–water partition coefficient (Wildman–Crippen LogP) is 2.93. The average Bonchev–Trinajstić information content (AvgIpc) is 2.68. The number of ether oxygens (including phenoxy) is 2. The molecule has 0 spiro atoms. The quantitative estimate of drug-likeness (QED) is 0.657. The van der Waals surface area contributed by atoms with E-state index in [0.29, 0.717) is 11.5 Å². The summed E-state index contributed by atoms with van der Waals surface area (Å²) in [5, 5.41) is 11.8. The van der Waals surface area contributed by atoms with Crippen LogP contribution in [0, 0.1) is 0 Å². The molecule has 2 aromatic carbocycles. The van der Waals surface area contributed by atoms with Crippen molar-refractivity contribution < 1.29 is 24.2 Å². The number of carboxylic acid groups (broad SMARTS) is 1. The summed E-state index contributed by atoms with van der Waals surface area (Å²) in [6.45, 7) is 4.73. The SMILES string of the molecule is COc1ccc(C[C@@](C)(NC(C)=O)C(=O)O)cc1OC.C[C@@H](N)c1ccccc1. The van der Waals surface area contributed by atoms with Crippen LogP contribution in [0.2, 0.25) is 0 Å². The Morgan fingerprint density at radius 2 is 1.69 bits per heavy atom. The molecule has 0 saturated carbocycles. The summed E-state index contributed by atoms with van der Waals surface area (Å²) in [6, 6.07) is 15.3. The Hall–Kier alpha value is -3.06. The smallest absolute Gasteiger partial charge is 0.329 e. The van der Waals surface area contributed by atoms with E-state index in [2.05, 4.69) is 5.32 Å². The van der Waals surface area contributed by atoms with Crippen molar-refractivity contribution in [3.63, 3.8) is 0 Å². The monoisotopic (exact) mass is 402 g/mol. The van der Waals surface area contributed by atoms with Gasteiger partial charge in [0.15, 0.2) is 11.5 Å². The van der Waals surface area contributed by atoms with Crippen LogP contribution in [-0.2, 0) is 16.0 Å². The second kappa shape index (κ2) is 11.1. The van der Waals surface area contributed by atoms with Gasteiger partial charge in [0.25, 0.3) is 0 Å². The molecule has 0 bridgehead atoms. The third-order valence-electron chi connectivity index (χ3n) is 4.25. The largest absolute Gasteiger partial charge is 0.493 e. The van der Waals surface area contributed by atoms with E-state index in [1.807, 2.05) is 37.3 Å². The van der Waals surface area contributed by atoms with Gasteiger partial charge in [-0.3, -0.25) is 4.79 Å². The molecular weight excluding hydrogens is 372 g/mol. The van der Waals surface area contributed by atoms with Crippen LogP contribution in [0.25, 0.3) is 0 Å². The molecule has 4 N–H and O–H groups in total. The van der Waals surface area contributed by atoms with Gasteiger partial charge in [0, 0.05) is 19.4 Å². The highest BCUT2D eigenvalue weighted by Crippen LogP contribution is 2.29. The maximum absolute atomic E-state index is 11.4. The van der Waals surface area contributed by atoms with Gasteiger partial charge in [0.1, 0.15) is 5.54 Å². The number of amides is 1. The van der Waals surface area contributed by atoms with E-state index in [1.54, 1.807) is 18.2 Å². The topological polar surface area (TPSA) is 111 Å². The van der Waals surface area contributed by atoms with Gasteiger partial charge in [-0.1, -0.05) is 36.4 Å². The van der Waals surface area contributed by atoms with Gasteiger partial charge in [-0.2, -0.15) is 0 Å². The van der Waals surface area contributed by atoms with E-state index in [-0.39, 0.29) is 12.5 Å². The Morgan fingerprint density at radius 3 is 2.10 bits per heavy atom. The number of rotatable bonds is 7.